The van der Waals surface area contributed by atoms with Gasteiger partial charge in [0, 0.05) is 12.7 Å². The van der Waals surface area contributed by atoms with Crippen LogP contribution in [0.5, 0.6) is 5.75 Å². The lowest BCUT2D eigenvalue weighted by Crippen LogP contribution is -2.34. The third-order valence-electron chi connectivity index (χ3n) is 3.16. The number of aryl methyl sites for hydroxylation is 1. The molecule has 0 bridgehead atoms. The van der Waals surface area contributed by atoms with Crippen molar-refractivity contribution in [2.75, 3.05) is 25.5 Å². The van der Waals surface area contributed by atoms with Crippen molar-refractivity contribution in [1.82, 2.24) is 4.90 Å². The molecular weight excluding hydrogens is 299 g/mol. The van der Waals surface area contributed by atoms with E-state index in [0.717, 1.165) is 5.69 Å². The Morgan fingerprint density at radius 2 is 1.77 bits per heavy atom. The first-order valence-corrected chi connectivity index (χ1v) is 7.42. The molecule has 0 heterocycles. The highest BCUT2D eigenvalue weighted by Gasteiger charge is 2.05. The normalized spacial score (nSPS) is 10.1. The average Bonchev–Trinajstić information content (AvgIpc) is 2.51. The number of anilines is 1. The lowest BCUT2D eigenvalue weighted by molar-refractivity contribution is 0.285. The zero-order chi connectivity index (χ0) is 15.9. The lowest BCUT2D eigenvalue weighted by Gasteiger charge is -2.21. The van der Waals surface area contributed by atoms with Gasteiger partial charge < -0.3 is 15.0 Å². The predicted molar refractivity (Wildman–Crippen MR) is 91.9 cm³/mol. The molecule has 22 heavy (non-hydrogen) atoms. The molecule has 0 fully saturated rings. The molecular formula is C17H19FN2OS. The summed E-state index contributed by atoms with van der Waals surface area (Å²) in [5, 5.41) is 3.81. The van der Waals surface area contributed by atoms with Crippen molar-refractivity contribution in [2.24, 2.45) is 0 Å². The number of ether oxygens (including phenoxy) is 1. The van der Waals surface area contributed by atoms with Crippen molar-refractivity contribution < 1.29 is 9.13 Å². The summed E-state index contributed by atoms with van der Waals surface area (Å²) in [6.45, 7) is 3.15. The Morgan fingerprint density at radius 1 is 1.14 bits per heavy atom. The van der Waals surface area contributed by atoms with Gasteiger partial charge in [0.05, 0.1) is 6.54 Å². The first-order valence-electron chi connectivity index (χ1n) is 7.02. The Labute approximate surface area is 135 Å². The van der Waals surface area contributed by atoms with Crippen molar-refractivity contribution >= 4 is 23.0 Å². The van der Waals surface area contributed by atoms with Crippen LogP contribution >= 0.6 is 12.2 Å². The van der Waals surface area contributed by atoms with Gasteiger partial charge in [0.15, 0.2) is 5.11 Å². The molecule has 2 aromatic carbocycles. The van der Waals surface area contributed by atoms with Gasteiger partial charge in [0.2, 0.25) is 0 Å². The fourth-order valence-electron chi connectivity index (χ4n) is 1.79. The van der Waals surface area contributed by atoms with Gasteiger partial charge in [-0.2, -0.15) is 0 Å². The fraction of sp³-hybridized carbons (Fsp3) is 0.235. The number of thiocarbonyl (C=S) groups is 1. The van der Waals surface area contributed by atoms with Gasteiger partial charge in [-0.1, -0.05) is 17.7 Å². The SMILES string of the molecule is Cc1ccc(NC(=S)N(C)CCOc2ccc(F)cc2)cc1. The van der Waals surface area contributed by atoms with Crippen LogP contribution in [0.2, 0.25) is 0 Å². The molecule has 0 saturated carbocycles. The maximum atomic E-state index is 12.8. The summed E-state index contributed by atoms with van der Waals surface area (Å²) in [4.78, 5) is 1.90. The Bertz CT molecular complexity index is 614. The quantitative estimate of drug-likeness (QED) is 0.847. The van der Waals surface area contributed by atoms with Crippen molar-refractivity contribution in [2.45, 2.75) is 6.92 Å². The molecule has 0 spiro atoms. The van der Waals surface area contributed by atoms with Crippen LogP contribution in [0.1, 0.15) is 5.56 Å². The van der Waals surface area contributed by atoms with Gasteiger partial charge in [0.1, 0.15) is 18.2 Å². The minimum absolute atomic E-state index is 0.270. The van der Waals surface area contributed by atoms with Crippen LogP contribution in [0.3, 0.4) is 0 Å². The fourth-order valence-corrected chi connectivity index (χ4v) is 2.00. The largest absolute Gasteiger partial charge is 0.492 e. The van der Waals surface area contributed by atoms with E-state index in [9.17, 15) is 4.39 Å². The summed E-state index contributed by atoms with van der Waals surface area (Å²) in [5.74, 6) is 0.375. The number of nitrogens with zero attached hydrogens (tertiary/aromatic N) is 1. The lowest BCUT2D eigenvalue weighted by atomic mass is 10.2. The first kappa shape index (κ1) is 16.2. The highest BCUT2D eigenvalue weighted by atomic mass is 32.1. The zero-order valence-corrected chi connectivity index (χ0v) is 13.5. The highest BCUT2D eigenvalue weighted by Crippen LogP contribution is 2.11. The van der Waals surface area contributed by atoms with Crippen molar-refractivity contribution in [3.8, 4) is 5.75 Å². The van der Waals surface area contributed by atoms with Crippen LogP contribution in [0.25, 0.3) is 0 Å². The molecule has 0 unspecified atom stereocenters. The van der Waals surface area contributed by atoms with Gasteiger partial charge in [-0.25, -0.2) is 4.39 Å². The summed E-state index contributed by atoms with van der Waals surface area (Å²) in [6.07, 6.45) is 0. The van der Waals surface area contributed by atoms with Crippen LogP contribution < -0.4 is 10.1 Å². The number of benzene rings is 2. The van der Waals surface area contributed by atoms with E-state index in [2.05, 4.69) is 5.32 Å². The summed E-state index contributed by atoms with van der Waals surface area (Å²) in [6, 6.07) is 14.0. The van der Waals surface area contributed by atoms with Crippen LogP contribution in [-0.4, -0.2) is 30.2 Å². The molecule has 116 valence electrons. The van der Waals surface area contributed by atoms with Gasteiger partial charge in [-0.3, -0.25) is 0 Å². The van der Waals surface area contributed by atoms with E-state index < -0.39 is 0 Å². The van der Waals surface area contributed by atoms with Crippen LogP contribution in [0, 0.1) is 12.7 Å². The topological polar surface area (TPSA) is 24.5 Å². The van der Waals surface area contributed by atoms with Crippen molar-refractivity contribution in [3.05, 3.63) is 59.9 Å². The van der Waals surface area contributed by atoms with E-state index in [-0.39, 0.29) is 5.82 Å². The molecule has 1 N–H and O–H groups in total. The number of hydrogen-bond acceptors (Lipinski definition) is 2. The van der Waals surface area contributed by atoms with Gasteiger partial charge in [-0.15, -0.1) is 0 Å². The van der Waals surface area contributed by atoms with Crippen LogP contribution in [0.15, 0.2) is 48.5 Å². The molecule has 2 rings (SSSR count). The molecule has 0 aromatic heterocycles. The minimum Gasteiger partial charge on any atom is -0.492 e. The molecule has 0 amide bonds. The van der Waals surface area contributed by atoms with E-state index in [1.807, 2.05) is 43.1 Å². The molecule has 5 heteroatoms. The summed E-state index contributed by atoms with van der Waals surface area (Å²) >= 11 is 5.35. The third-order valence-corrected chi connectivity index (χ3v) is 3.57. The van der Waals surface area contributed by atoms with Gasteiger partial charge in [-0.05, 0) is 55.5 Å². The Kier molecular flexibility index (Phi) is 5.72. The third kappa shape index (κ3) is 5.00. The molecule has 0 radical (unpaired) electrons. The maximum absolute atomic E-state index is 12.8. The first-order chi connectivity index (χ1) is 10.5. The number of nitrogens with one attached hydrogen (secondary N) is 1. The smallest absolute Gasteiger partial charge is 0.173 e. The molecule has 3 nitrogen and oxygen atoms in total. The van der Waals surface area contributed by atoms with E-state index in [4.69, 9.17) is 17.0 Å². The van der Waals surface area contributed by atoms with E-state index in [0.29, 0.717) is 24.0 Å². The summed E-state index contributed by atoms with van der Waals surface area (Å²) in [7, 11) is 1.90. The molecule has 0 aliphatic carbocycles. The zero-order valence-electron chi connectivity index (χ0n) is 12.7. The van der Waals surface area contributed by atoms with E-state index >= 15 is 0 Å². The molecule has 0 aliphatic heterocycles. The monoisotopic (exact) mass is 318 g/mol. The predicted octanol–water partition coefficient (Wildman–Crippen LogP) is 3.84. The number of rotatable bonds is 5. The molecule has 2 aromatic rings. The van der Waals surface area contributed by atoms with Gasteiger partial charge >= 0.3 is 0 Å². The highest BCUT2D eigenvalue weighted by molar-refractivity contribution is 7.80. The minimum atomic E-state index is -0.270. The van der Waals surface area contributed by atoms with Crippen molar-refractivity contribution in [3.63, 3.8) is 0 Å². The van der Waals surface area contributed by atoms with Crippen LogP contribution in [0.4, 0.5) is 10.1 Å². The van der Waals surface area contributed by atoms with E-state index in [1.165, 1.54) is 17.7 Å². The van der Waals surface area contributed by atoms with E-state index in [1.54, 1.807) is 12.1 Å². The number of halogens is 1. The van der Waals surface area contributed by atoms with Crippen molar-refractivity contribution in [1.29, 1.82) is 0 Å². The summed E-state index contributed by atoms with van der Waals surface area (Å²) in [5.41, 5.74) is 2.17. The second-order valence-corrected chi connectivity index (χ2v) is 5.41. The maximum Gasteiger partial charge on any atom is 0.173 e. The Morgan fingerprint density at radius 3 is 2.41 bits per heavy atom. The molecule has 0 saturated heterocycles. The average molecular weight is 318 g/mol. The van der Waals surface area contributed by atoms with Crippen LogP contribution in [-0.2, 0) is 0 Å². The molecule has 0 atom stereocenters. The second-order valence-electron chi connectivity index (χ2n) is 5.02. The Balaban J connectivity index is 1.76. The van der Waals surface area contributed by atoms with Gasteiger partial charge in [0.25, 0.3) is 0 Å². The molecule has 0 aliphatic rings. The standard InChI is InChI=1S/C17H19FN2OS/c1-13-3-7-15(8-4-13)19-17(22)20(2)11-12-21-16-9-5-14(18)6-10-16/h3-10H,11-12H2,1-2H3,(H,19,22). The summed E-state index contributed by atoms with van der Waals surface area (Å²) < 4.78 is 18.3. The number of hydrogen-bond donors (Lipinski definition) is 1. The Hall–Kier alpha value is -2.14. The second kappa shape index (κ2) is 7.75. The number of likely N-dealkylation sites (N-methyl/N-ethyl adjacent to an activating group) is 1.